The summed E-state index contributed by atoms with van der Waals surface area (Å²) in [6, 6.07) is 17.0. The highest BCUT2D eigenvalue weighted by atomic mass is 35.5. The van der Waals surface area contributed by atoms with Gasteiger partial charge in [0.05, 0.1) is 16.4 Å². The summed E-state index contributed by atoms with van der Waals surface area (Å²) < 4.78 is 7.55. The number of aryl methyl sites for hydroxylation is 1. The second-order valence-electron chi connectivity index (χ2n) is 6.31. The quantitative estimate of drug-likeness (QED) is 0.693. The molecule has 1 N–H and O–H groups in total. The van der Waals surface area contributed by atoms with E-state index in [4.69, 9.17) is 16.3 Å². The van der Waals surface area contributed by atoms with Crippen LogP contribution in [-0.4, -0.2) is 21.8 Å². The number of hydrogen-bond acceptors (Lipinski definition) is 3. The number of aromatic nitrogens is 2. The van der Waals surface area contributed by atoms with Gasteiger partial charge in [-0.15, -0.1) is 0 Å². The highest BCUT2D eigenvalue weighted by Crippen LogP contribution is 2.24. The van der Waals surface area contributed by atoms with E-state index in [0.717, 1.165) is 22.6 Å². The molecule has 0 aliphatic rings. The van der Waals surface area contributed by atoms with Crippen LogP contribution in [0.2, 0.25) is 5.02 Å². The first-order chi connectivity index (χ1) is 13.0. The minimum atomic E-state index is -0.658. The molecule has 27 heavy (non-hydrogen) atoms. The Morgan fingerprint density at radius 2 is 1.81 bits per heavy atom. The highest BCUT2D eigenvalue weighted by Gasteiger charge is 2.18. The van der Waals surface area contributed by atoms with Crippen molar-refractivity contribution in [2.45, 2.75) is 33.4 Å². The lowest BCUT2D eigenvalue weighted by atomic mass is 10.2. The van der Waals surface area contributed by atoms with Gasteiger partial charge in [-0.2, -0.15) is 5.10 Å². The molecule has 1 heterocycles. The topological polar surface area (TPSA) is 56.2 Å². The van der Waals surface area contributed by atoms with Gasteiger partial charge >= 0.3 is 0 Å². The van der Waals surface area contributed by atoms with Gasteiger partial charge in [0.15, 0.2) is 6.10 Å². The summed E-state index contributed by atoms with van der Waals surface area (Å²) in [5.74, 6) is 0.284. The number of para-hydroxylation sites is 2. The molecule has 0 aliphatic carbocycles. The van der Waals surface area contributed by atoms with Gasteiger partial charge in [0, 0.05) is 17.8 Å². The van der Waals surface area contributed by atoms with Crippen molar-refractivity contribution < 1.29 is 9.53 Å². The van der Waals surface area contributed by atoms with E-state index < -0.39 is 6.10 Å². The SMILES string of the molecule is Cc1nn(-c2ccccc2)c(C)c1CNC(=O)C(C)Oc1ccccc1Cl. The predicted molar refractivity (Wildman–Crippen MR) is 106 cm³/mol. The van der Waals surface area contributed by atoms with Crippen molar-refractivity contribution in [3.63, 3.8) is 0 Å². The van der Waals surface area contributed by atoms with Crippen LogP contribution < -0.4 is 10.1 Å². The molecule has 1 unspecified atom stereocenters. The minimum absolute atomic E-state index is 0.207. The summed E-state index contributed by atoms with van der Waals surface area (Å²) in [6.07, 6.45) is -0.658. The Morgan fingerprint density at radius 3 is 2.52 bits per heavy atom. The fourth-order valence-electron chi connectivity index (χ4n) is 2.85. The summed E-state index contributed by atoms with van der Waals surface area (Å²) in [5.41, 5.74) is 3.87. The molecular weight excluding hydrogens is 362 g/mol. The van der Waals surface area contributed by atoms with E-state index in [1.165, 1.54) is 0 Å². The first-order valence-electron chi connectivity index (χ1n) is 8.76. The number of benzene rings is 2. The van der Waals surface area contributed by atoms with E-state index >= 15 is 0 Å². The maximum atomic E-state index is 12.4. The van der Waals surface area contributed by atoms with Crippen LogP contribution in [0.1, 0.15) is 23.9 Å². The van der Waals surface area contributed by atoms with E-state index in [2.05, 4.69) is 10.4 Å². The maximum absolute atomic E-state index is 12.4. The number of hydrogen-bond donors (Lipinski definition) is 1. The fraction of sp³-hybridized carbons (Fsp3) is 0.238. The van der Waals surface area contributed by atoms with E-state index in [1.54, 1.807) is 19.1 Å². The first kappa shape index (κ1) is 19.0. The number of ether oxygens (including phenoxy) is 1. The van der Waals surface area contributed by atoms with Crippen LogP contribution in [0.3, 0.4) is 0 Å². The Hall–Kier alpha value is -2.79. The molecule has 1 aromatic heterocycles. The Morgan fingerprint density at radius 1 is 1.15 bits per heavy atom. The normalized spacial score (nSPS) is 11.9. The van der Waals surface area contributed by atoms with Gasteiger partial charge in [0.1, 0.15) is 5.75 Å². The van der Waals surface area contributed by atoms with Gasteiger partial charge in [0.2, 0.25) is 0 Å². The maximum Gasteiger partial charge on any atom is 0.261 e. The molecule has 0 bridgehead atoms. The van der Waals surface area contributed by atoms with Crippen LogP contribution in [-0.2, 0) is 11.3 Å². The van der Waals surface area contributed by atoms with Crippen molar-refractivity contribution in [3.05, 3.63) is 76.6 Å². The standard InChI is InChI=1S/C21H22ClN3O2/c1-14-18(15(2)25(24-14)17-9-5-4-6-10-17)13-23-21(26)16(3)27-20-12-8-7-11-19(20)22/h4-12,16H,13H2,1-3H3,(H,23,26). The molecule has 0 aliphatic heterocycles. The summed E-state index contributed by atoms with van der Waals surface area (Å²) in [4.78, 5) is 12.4. The summed E-state index contributed by atoms with van der Waals surface area (Å²) >= 11 is 6.08. The summed E-state index contributed by atoms with van der Waals surface area (Å²) in [5, 5.41) is 8.00. The van der Waals surface area contributed by atoms with Crippen molar-refractivity contribution in [2.75, 3.05) is 0 Å². The molecule has 1 amide bonds. The monoisotopic (exact) mass is 383 g/mol. The van der Waals surface area contributed by atoms with Crippen molar-refractivity contribution in [2.24, 2.45) is 0 Å². The molecule has 2 aromatic carbocycles. The minimum Gasteiger partial charge on any atom is -0.479 e. The predicted octanol–water partition coefficient (Wildman–Crippen LogP) is 4.23. The molecule has 0 spiro atoms. The smallest absolute Gasteiger partial charge is 0.261 e. The third kappa shape index (κ3) is 4.31. The van der Waals surface area contributed by atoms with E-state index in [1.807, 2.05) is 61.0 Å². The van der Waals surface area contributed by atoms with Gasteiger partial charge in [-0.05, 0) is 45.0 Å². The third-order valence-electron chi connectivity index (χ3n) is 4.39. The number of rotatable bonds is 6. The van der Waals surface area contributed by atoms with Crippen LogP contribution in [0.5, 0.6) is 5.75 Å². The Bertz CT molecular complexity index is 938. The molecule has 6 heteroatoms. The lowest BCUT2D eigenvalue weighted by Crippen LogP contribution is -2.36. The molecule has 140 valence electrons. The molecule has 0 fully saturated rings. The average molecular weight is 384 g/mol. The molecule has 0 saturated carbocycles. The third-order valence-corrected chi connectivity index (χ3v) is 4.70. The zero-order chi connectivity index (χ0) is 19.4. The zero-order valence-corrected chi connectivity index (χ0v) is 16.3. The van der Waals surface area contributed by atoms with Crippen LogP contribution in [0.15, 0.2) is 54.6 Å². The first-order valence-corrected chi connectivity index (χ1v) is 9.14. The van der Waals surface area contributed by atoms with Crippen molar-refractivity contribution in [3.8, 4) is 11.4 Å². The molecule has 1 atom stereocenters. The Labute approximate surface area is 163 Å². The second kappa shape index (κ2) is 8.27. The Kier molecular flexibility index (Phi) is 5.81. The number of halogens is 1. The molecule has 0 radical (unpaired) electrons. The van der Waals surface area contributed by atoms with Gasteiger partial charge < -0.3 is 10.1 Å². The van der Waals surface area contributed by atoms with Crippen molar-refractivity contribution in [1.29, 1.82) is 0 Å². The molecule has 3 aromatic rings. The van der Waals surface area contributed by atoms with Crippen molar-refractivity contribution in [1.82, 2.24) is 15.1 Å². The second-order valence-corrected chi connectivity index (χ2v) is 6.71. The average Bonchev–Trinajstić information content (AvgIpc) is 2.96. The molecule has 3 rings (SSSR count). The molecule has 0 saturated heterocycles. The summed E-state index contributed by atoms with van der Waals surface area (Å²) in [6.45, 7) is 6.03. The number of nitrogens with zero attached hydrogens (tertiary/aromatic N) is 2. The summed E-state index contributed by atoms with van der Waals surface area (Å²) in [7, 11) is 0. The Balaban J connectivity index is 1.67. The zero-order valence-electron chi connectivity index (χ0n) is 15.6. The van der Waals surface area contributed by atoms with Gasteiger partial charge in [-0.25, -0.2) is 4.68 Å². The van der Waals surface area contributed by atoms with E-state index in [9.17, 15) is 4.79 Å². The van der Waals surface area contributed by atoms with Gasteiger partial charge in [-0.1, -0.05) is 41.9 Å². The highest BCUT2D eigenvalue weighted by molar-refractivity contribution is 6.32. The van der Waals surface area contributed by atoms with Crippen molar-refractivity contribution >= 4 is 17.5 Å². The molecule has 5 nitrogen and oxygen atoms in total. The number of carbonyl (C=O) groups is 1. The van der Waals surface area contributed by atoms with Crippen LogP contribution in [0.25, 0.3) is 5.69 Å². The number of nitrogens with one attached hydrogen (secondary N) is 1. The lowest BCUT2D eigenvalue weighted by molar-refractivity contribution is -0.127. The molecular formula is C21H22ClN3O2. The lowest BCUT2D eigenvalue weighted by Gasteiger charge is -2.15. The largest absolute Gasteiger partial charge is 0.479 e. The van der Waals surface area contributed by atoms with Crippen LogP contribution in [0, 0.1) is 13.8 Å². The van der Waals surface area contributed by atoms with Gasteiger partial charge in [-0.3, -0.25) is 4.79 Å². The number of carbonyl (C=O) groups excluding carboxylic acids is 1. The van der Waals surface area contributed by atoms with Crippen LogP contribution in [0.4, 0.5) is 0 Å². The fourth-order valence-corrected chi connectivity index (χ4v) is 3.04. The van der Waals surface area contributed by atoms with E-state index in [0.29, 0.717) is 17.3 Å². The van der Waals surface area contributed by atoms with E-state index in [-0.39, 0.29) is 5.91 Å². The van der Waals surface area contributed by atoms with Gasteiger partial charge in [0.25, 0.3) is 5.91 Å². The number of amides is 1. The van der Waals surface area contributed by atoms with Crippen LogP contribution >= 0.6 is 11.6 Å².